The van der Waals surface area contributed by atoms with Crippen LogP contribution >= 0.6 is 0 Å². The molecule has 0 radical (unpaired) electrons. The van der Waals surface area contributed by atoms with E-state index >= 15 is 0 Å². The Labute approximate surface area is 194 Å². The summed E-state index contributed by atoms with van der Waals surface area (Å²) in [6.07, 6.45) is 0.467. The molecule has 5 nitrogen and oxygen atoms in total. The van der Waals surface area contributed by atoms with Crippen molar-refractivity contribution < 1.29 is 9.53 Å². The van der Waals surface area contributed by atoms with Crippen molar-refractivity contribution in [3.63, 3.8) is 0 Å². The number of amides is 1. The summed E-state index contributed by atoms with van der Waals surface area (Å²) in [5, 5.41) is 0. The minimum Gasteiger partial charge on any atom is -0.492 e. The van der Waals surface area contributed by atoms with Gasteiger partial charge in [-0.2, -0.15) is 0 Å². The lowest BCUT2D eigenvalue weighted by Crippen LogP contribution is -2.24. The van der Waals surface area contributed by atoms with Crippen LogP contribution < -0.4 is 9.64 Å². The summed E-state index contributed by atoms with van der Waals surface area (Å²) in [6, 6.07) is 22.5. The molecular weight excluding hydrogens is 410 g/mol. The van der Waals surface area contributed by atoms with Crippen LogP contribution in [0, 0.1) is 20.8 Å². The van der Waals surface area contributed by atoms with Gasteiger partial charge in [-0.15, -0.1) is 0 Å². The molecule has 0 unspecified atom stereocenters. The average molecular weight is 440 g/mol. The normalized spacial score (nSPS) is 16.0. The molecule has 33 heavy (non-hydrogen) atoms. The van der Waals surface area contributed by atoms with E-state index in [1.165, 1.54) is 16.7 Å². The van der Waals surface area contributed by atoms with E-state index < -0.39 is 0 Å². The van der Waals surface area contributed by atoms with Crippen molar-refractivity contribution in [2.45, 2.75) is 39.7 Å². The summed E-state index contributed by atoms with van der Waals surface area (Å²) in [4.78, 5) is 19.8. The number of benzene rings is 3. The number of aromatic nitrogens is 2. The molecule has 1 amide bonds. The van der Waals surface area contributed by atoms with Gasteiger partial charge < -0.3 is 14.2 Å². The summed E-state index contributed by atoms with van der Waals surface area (Å²) >= 11 is 0. The van der Waals surface area contributed by atoms with Gasteiger partial charge in [-0.05, 0) is 68.3 Å². The first-order valence-electron chi connectivity index (χ1n) is 11.5. The van der Waals surface area contributed by atoms with E-state index in [-0.39, 0.29) is 11.8 Å². The van der Waals surface area contributed by atoms with E-state index in [0.717, 1.165) is 28.3 Å². The molecule has 0 spiro atoms. The first-order chi connectivity index (χ1) is 16.0. The number of imidazole rings is 1. The number of carbonyl (C=O) groups is 1. The number of nitrogens with zero attached hydrogens (tertiary/aromatic N) is 3. The molecule has 168 valence electrons. The number of ether oxygens (including phenoxy) is 1. The standard InChI is InChI=1S/C28H29N3O2/c1-19-8-12-24(13-9-19)33-15-14-30-26-7-5-4-6-25(26)29-28(30)22-17-27(32)31(18-22)23-11-10-20(2)21(3)16-23/h4-13,16,22H,14-15,17-18H2,1-3H3/t22-/m1/s1. The molecule has 1 atom stereocenters. The highest BCUT2D eigenvalue weighted by atomic mass is 16.5. The monoisotopic (exact) mass is 439 g/mol. The first kappa shape index (κ1) is 21.3. The number of hydrogen-bond donors (Lipinski definition) is 0. The third kappa shape index (κ3) is 4.23. The number of aryl methyl sites for hydroxylation is 3. The molecule has 0 aliphatic carbocycles. The van der Waals surface area contributed by atoms with E-state index in [1.807, 2.05) is 41.3 Å². The minimum atomic E-state index is 0.0471. The lowest BCUT2D eigenvalue weighted by Gasteiger charge is -2.18. The van der Waals surface area contributed by atoms with Crippen molar-refractivity contribution in [1.82, 2.24) is 9.55 Å². The highest BCUT2D eigenvalue weighted by Crippen LogP contribution is 2.34. The van der Waals surface area contributed by atoms with Crippen molar-refractivity contribution >= 4 is 22.6 Å². The van der Waals surface area contributed by atoms with E-state index in [0.29, 0.717) is 26.1 Å². The second-order valence-corrected chi connectivity index (χ2v) is 8.95. The average Bonchev–Trinajstić information content (AvgIpc) is 3.38. The van der Waals surface area contributed by atoms with Gasteiger partial charge in [0, 0.05) is 24.6 Å². The SMILES string of the molecule is Cc1ccc(OCCn2c([C@@H]3CC(=O)N(c4ccc(C)c(C)c4)C3)nc3ccccc32)cc1. The van der Waals surface area contributed by atoms with Crippen molar-refractivity contribution in [2.24, 2.45) is 0 Å². The molecule has 2 heterocycles. The van der Waals surface area contributed by atoms with Gasteiger partial charge in [-0.1, -0.05) is 35.9 Å². The van der Waals surface area contributed by atoms with Crippen LogP contribution in [0.25, 0.3) is 11.0 Å². The maximum Gasteiger partial charge on any atom is 0.227 e. The number of anilines is 1. The highest BCUT2D eigenvalue weighted by molar-refractivity contribution is 5.96. The van der Waals surface area contributed by atoms with Crippen molar-refractivity contribution in [3.05, 3.63) is 89.2 Å². The Morgan fingerprint density at radius 2 is 1.76 bits per heavy atom. The van der Waals surface area contributed by atoms with E-state index in [2.05, 4.69) is 55.7 Å². The second-order valence-electron chi connectivity index (χ2n) is 8.95. The van der Waals surface area contributed by atoms with E-state index in [1.54, 1.807) is 0 Å². The molecule has 1 saturated heterocycles. The molecule has 1 aliphatic rings. The van der Waals surface area contributed by atoms with Crippen molar-refractivity contribution in [3.8, 4) is 5.75 Å². The van der Waals surface area contributed by atoms with Gasteiger partial charge in [0.25, 0.3) is 0 Å². The Bertz CT molecular complexity index is 1310. The van der Waals surface area contributed by atoms with Crippen LogP contribution in [0.1, 0.15) is 34.9 Å². The molecule has 5 heteroatoms. The van der Waals surface area contributed by atoms with Crippen LogP contribution in [0.2, 0.25) is 0 Å². The zero-order chi connectivity index (χ0) is 22.9. The molecular formula is C28H29N3O2. The molecule has 1 aromatic heterocycles. The van der Waals surface area contributed by atoms with Gasteiger partial charge in [-0.3, -0.25) is 4.79 Å². The fraction of sp³-hybridized carbons (Fsp3) is 0.286. The lowest BCUT2D eigenvalue weighted by molar-refractivity contribution is -0.117. The van der Waals surface area contributed by atoms with Crippen LogP contribution in [0.3, 0.4) is 0 Å². The Kier molecular flexibility index (Phi) is 5.63. The number of hydrogen-bond acceptors (Lipinski definition) is 3. The van der Waals surface area contributed by atoms with Crippen LogP contribution in [0.5, 0.6) is 5.75 Å². The van der Waals surface area contributed by atoms with Gasteiger partial charge in [0.2, 0.25) is 5.91 Å². The van der Waals surface area contributed by atoms with Gasteiger partial charge in [-0.25, -0.2) is 4.98 Å². The minimum absolute atomic E-state index is 0.0471. The zero-order valence-electron chi connectivity index (χ0n) is 19.4. The topological polar surface area (TPSA) is 47.4 Å². The number of rotatable bonds is 6. The molecule has 5 rings (SSSR count). The lowest BCUT2D eigenvalue weighted by atomic mass is 10.1. The van der Waals surface area contributed by atoms with E-state index in [9.17, 15) is 4.79 Å². The molecule has 4 aromatic rings. The predicted octanol–water partition coefficient (Wildman–Crippen LogP) is 5.56. The maximum absolute atomic E-state index is 13.0. The fourth-order valence-corrected chi connectivity index (χ4v) is 4.55. The first-order valence-corrected chi connectivity index (χ1v) is 11.5. The molecule has 3 aromatic carbocycles. The van der Waals surface area contributed by atoms with Crippen LogP contribution in [-0.4, -0.2) is 28.6 Å². The van der Waals surface area contributed by atoms with Crippen molar-refractivity contribution in [1.29, 1.82) is 0 Å². The Morgan fingerprint density at radius 1 is 0.970 bits per heavy atom. The number of para-hydroxylation sites is 2. The van der Waals surface area contributed by atoms with Gasteiger partial charge in [0.1, 0.15) is 18.2 Å². The summed E-state index contributed by atoms with van der Waals surface area (Å²) in [5.74, 6) is 2.02. The smallest absolute Gasteiger partial charge is 0.227 e. The third-order valence-electron chi connectivity index (χ3n) is 6.58. The molecule has 1 aliphatic heterocycles. The second kappa shape index (κ2) is 8.74. The fourth-order valence-electron chi connectivity index (χ4n) is 4.55. The molecule has 0 saturated carbocycles. The molecule has 0 N–H and O–H groups in total. The largest absolute Gasteiger partial charge is 0.492 e. The van der Waals surface area contributed by atoms with Gasteiger partial charge in [0.15, 0.2) is 0 Å². The van der Waals surface area contributed by atoms with Crippen molar-refractivity contribution in [2.75, 3.05) is 18.1 Å². The van der Waals surface area contributed by atoms with E-state index in [4.69, 9.17) is 9.72 Å². The summed E-state index contributed by atoms with van der Waals surface area (Å²) in [5.41, 5.74) is 6.65. The third-order valence-corrected chi connectivity index (χ3v) is 6.58. The highest BCUT2D eigenvalue weighted by Gasteiger charge is 2.35. The Balaban J connectivity index is 1.40. The zero-order valence-corrected chi connectivity index (χ0v) is 19.4. The summed E-state index contributed by atoms with van der Waals surface area (Å²) in [6.45, 7) is 8.11. The Morgan fingerprint density at radius 3 is 2.55 bits per heavy atom. The predicted molar refractivity (Wildman–Crippen MR) is 132 cm³/mol. The number of fused-ring (bicyclic) bond motifs is 1. The van der Waals surface area contributed by atoms with Gasteiger partial charge >= 0.3 is 0 Å². The van der Waals surface area contributed by atoms with Crippen LogP contribution in [-0.2, 0) is 11.3 Å². The summed E-state index contributed by atoms with van der Waals surface area (Å²) < 4.78 is 8.24. The molecule has 1 fully saturated rings. The van der Waals surface area contributed by atoms with Crippen LogP contribution in [0.15, 0.2) is 66.7 Å². The quantitative estimate of drug-likeness (QED) is 0.395. The van der Waals surface area contributed by atoms with Gasteiger partial charge in [0.05, 0.1) is 17.6 Å². The van der Waals surface area contributed by atoms with Crippen LogP contribution in [0.4, 0.5) is 5.69 Å². The number of carbonyl (C=O) groups excluding carboxylic acids is 1. The molecule has 0 bridgehead atoms. The summed E-state index contributed by atoms with van der Waals surface area (Å²) in [7, 11) is 0. The Hall–Kier alpha value is -3.60. The maximum atomic E-state index is 13.0.